The SMILES string of the molecule is CC(C)(C)c1ccc(C(=O)Nc2cn3nc(N4CCCC(C(N)=O)C4)ccc3n2)cc1.FC(F)F.O=C(O)C(F)(F)F.O=CO. The fourth-order valence-corrected chi connectivity index (χ4v) is 3.83. The number of nitrogens with one attached hydrogen (secondary N) is 1. The van der Waals surface area contributed by atoms with Gasteiger partial charge in [-0.15, -0.1) is 5.10 Å². The summed E-state index contributed by atoms with van der Waals surface area (Å²) < 4.78 is 62.4. The second kappa shape index (κ2) is 16.8. The molecule has 4 rings (SSSR count). The van der Waals surface area contributed by atoms with Crippen LogP contribution in [0.2, 0.25) is 0 Å². The van der Waals surface area contributed by atoms with Crippen LogP contribution in [0.1, 0.15) is 49.5 Å². The first-order valence-corrected chi connectivity index (χ1v) is 12.9. The van der Waals surface area contributed by atoms with E-state index in [4.69, 9.17) is 25.5 Å². The Hall–Kier alpha value is -4.90. The number of amides is 2. The minimum atomic E-state index is -5.08. The molecule has 1 saturated heterocycles. The molecule has 2 amide bonds. The van der Waals surface area contributed by atoms with Gasteiger partial charge in [0.15, 0.2) is 11.5 Å². The van der Waals surface area contributed by atoms with Crippen LogP contribution in [0.25, 0.3) is 5.65 Å². The molecule has 0 bridgehead atoms. The fraction of sp³-hybridized carbons (Fsp3) is 0.407. The number of halogens is 6. The normalized spacial score (nSPS) is 14.5. The zero-order valence-electron chi connectivity index (χ0n) is 24.3. The number of nitrogens with two attached hydrogens (primary N) is 1. The lowest BCUT2D eigenvalue weighted by Gasteiger charge is -2.31. The summed E-state index contributed by atoms with van der Waals surface area (Å²) in [6, 6.07) is 11.3. The molecule has 18 heteroatoms. The molecular weight excluding hydrogens is 618 g/mol. The van der Waals surface area contributed by atoms with Gasteiger partial charge in [0.05, 0.1) is 12.1 Å². The van der Waals surface area contributed by atoms with Crippen LogP contribution in [0.3, 0.4) is 0 Å². The van der Waals surface area contributed by atoms with Crippen molar-refractivity contribution in [2.24, 2.45) is 11.7 Å². The van der Waals surface area contributed by atoms with Crippen molar-refractivity contribution in [3.8, 4) is 0 Å². The Kier molecular flexibility index (Phi) is 14.2. The molecule has 248 valence electrons. The van der Waals surface area contributed by atoms with E-state index in [-0.39, 0.29) is 29.6 Å². The van der Waals surface area contributed by atoms with E-state index in [9.17, 15) is 35.9 Å². The van der Waals surface area contributed by atoms with E-state index in [1.165, 1.54) is 5.56 Å². The Morgan fingerprint density at radius 2 is 1.60 bits per heavy atom. The summed E-state index contributed by atoms with van der Waals surface area (Å²) in [7, 11) is 0. The van der Waals surface area contributed by atoms with E-state index in [1.807, 2.05) is 36.4 Å². The maximum Gasteiger partial charge on any atom is 0.490 e. The van der Waals surface area contributed by atoms with Crippen molar-refractivity contribution in [2.75, 3.05) is 23.3 Å². The second-order valence-electron chi connectivity index (χ2n) is 10.2. The quantitative estimate of drug-likeness (QED) is 0.234. The molecule has 0 aliphatic carbocycles. The van der Waals surface area contributed by atoms with Crippen molar-refractivity contribution in [2.45, 2.75) is 51.9 Å². The van der Waals surface area contributed by atoms with E-state index in [2.05, 4.69) is 41.1 Å². The van der Waals surface area contributed by atoms with Gasteiger partial charge in [0.25, 0.3) is 12.4 Å². The molecule has 3 aromatic rings. The van der Waals surface area contributed by atoms with Gasteiger partial charge in [0.1, 0.15) is 5.82 Å². The number of aromatic nitrogens is 3. The van der Waals surface area contributed by atoms with Crippen LogP contribution >= 0.6 is 0 Å². The molecule has 0 saturated carbocycles. The fourth-order valence-electron chi connectivity index (χ4n) is 3.83. The molecule has 0 radical (unpaired) electrons. The monoisotopic (exact) mass is 650 g/mol. The first-order valence-electron chi connectivity index (χ1n) is 12.9. The van der Waals surface area contributed by atoms with Gasteiger partial charge in [0.2, 0.25) is 5.91 Å². The first kappa shape index (κ1) is 38.1. The third kappa shape index (κ3) is 13.1. The molecule has 3 heterocycles. The summed E-state index contributed by atoms with van der Waals surface area (Å²) in [6.45, 7) is 3.88. The van der Waals surface area contributed by atoms with E-state index >= 15 is 0 Å². The molecule has 2 aromatic heterocycles. The van der Waals surface area contributed by atoms with Gasteiger partial charge >= 0.3 is 18.8 Å². The molecule has 1 unspecified atom stereocenters. The number of carbonyl (C=O) groups excluding carboxylic acids is 2. The number of primary amides is 1. The van der Waals surface area contributed by atoms with Crippen LogP contribution in [-0.2, 0) is 19.8 Å². The number of benzene rings is 1. The van der Waals surface area contributed by atoms with E-state index in [0.717, 1.165) is 25.2 Å². The van der Waals surface area contributed by atoms with Gasteiger partial charge in [-0.25, -0.2) is 14.3 Å². The number of hydrogen-bond acceptors (Lipinski definition) is 7. The van der Waals surface area contributed by atoms with Crippen molar-refractivity contribution >= 4 is 41.5 Å². The Morgan fingerprint density at radius 3 is 2.07 bits per heavy atom. The Morgan fingerprint density at radius 1 is 1.07 bits per heavy atom. The number of imidazole rings is 1. The van der Waals surface area contributed by atoms with Crippen LogP contribution < -0.4 is 16.0 Å². The van der Waals surface area contributed by atoms with E-state index in [0.29, 0.717) is 23.6 Å². The second-order valence-corrected chi connectivity index (χ2v) is 10.2. The zero-order valence-corrected chi connectivity index (χ0v) is 24.3. The highest BCUT2D eigenvalue weighted by Gasteiger charge is 2.38. The van der Waals surface area contributed by atoms with Gasteiger partial charge in [-0.1, -0.05) is 32.9 Å². The summed E-state index contributed by atoms with van der Waals surface area (Å²) in [5, 5.41) is 21.5. The van der Waals surface area contributed by atoms with Crippen molar-refractivity contribution in [3.63, 3.8) is 0 Å². The predicted octanol–water partition coefficient (Wildman–Crippen LogP) is 4.49. The number of aliphatic carboxylic acids is 1. The largest absolute Gasteiger partial charge is 0.490 e. The molecule has 45 heavy (non-hydrogen) atoms. The van der Waals surface area contributed by atoms with Crippen molar-refractivity contribution in [1.82, 2.24) is 14.6 Å². The number of hydrogen-bond donors (Lipinski definition) is 4. The number of carbonyl (C=O) groups is 4. The average molecular weight is 651 g/mol. The number of carboxylic acid groups (broad SMARTS) is 2. The Balaban J connectivity index is 0.000000609. The summed E-state index contributed by atoms with van der Waals surface area (Å²) in [5.74, 6) is -2.21. The molecule has 5 N–H and O–H groups in total. The van der Waals surface area contributed by atoms with Crippen molar-refractivity contribution in [1.29, 1.82) is 0 Å². The van der Waals surface area contributed by atoms with Crippen LogP contribution in [0.4, 0.5) is 38.0 Å². The van der Waals surface area contributed by atoms with Gasteiger partial charge in [-0.3, -0.25) is 14.4 Å². The summed E-state index contributed by atoms with van der Waals surface area (Å²) in [4.78, 5) is 47.9. The van der Waals surface area contributed by atoms with Crippen LogP contribution in [0, 0.1) is 5.92 Å². The van der Waals surface area contributed by atoms with E-state index in [1.54, 1.807) is 10.7 Å². The number of anilines is 2. The minimum Gasteiger partial charge on any atom is -0.483 e. The topological polar surface area (TPSA) is 180 Å². The van der Waals surface area contributed by atoms with Gasteiger partial charge < -0.3 is 26.2 Å². The molecule has 1 fully saturated rings. The lowest BCUT2D eigenvalue weighted by atomic mass is 9.87. The van der Waals surface area contributed by atoms with Gasteiger partial charge in [-0.2, -0.15) is 26.3 Å². The smallest absolute Gasteiger partial charge is 0.483 e. The number of alkyl halides is 6. The highest BCUT2D eigenvalue weighted by atomic mass is 19.4. The molecule has 1 atom stereocenters. The Labute approximate surface area is 252 Å². The lowest BCUT2D eigenvalue weighted by molar-refractivity contribution is -0.192. The third-order valence-electron chi connectivity index (χ3n) is 5.95. The summed E-state index contributed by atoms with van der Waals surface area (Å²) >= 11 is 0. The summed E-state index contributed by atoms with van der Waals surface area (Å²) in [6.07, 6.45) is -1.69. The lowest BCUT2D eigenvalue weighted by Crippen LogP contribution is -2.41. The van der Waals surface area contributed by atoms with Crippen molar-refractivity contribution in [3.05, 3.63) is 53.7 Å². The number of piperidine rings is 1. The van der Waals surface area contributed by atoms with Crippen molar-refractivity contribution < 1.29 is 55.7 Å². The van der Waals surface area contributed by atoms with E-state index < -0.39 is 18.8 Å². The van der Waals surface area contributed by atoms with Gasteiger partial charge in [0, 0.05) is 18.7 Å². The number of carboxylic acids is 1. The Bertz CT molecular complexity index is 1420. The first-order chi connectivity index (χ1) is 20.8. The van der Waals surface area contributed by atoms with Crippen LogP contribution in [0.5, 0.6) is 0 Å². The third-order valence-corrected chi connectivity index (χ3v) is 5.95. The average Bonchev–Trinajstić information content (AvgIpc) is 3.34. The molecule has 1 aromatic carbocycles. The number of fused-ring (bicyclic) bond motifs is 1. The molecular formula is C27H32F6N6O6. The molecule has 0 spiro atoms. The maximum atomic E-state index is 12.6. The molecule has 1 aliphatic heterocycles. The predicted molar refractivity (Wildman–Crippen MR) is 150 cm³/mol. The maximum absolute atomic E-state index is 12.6. The standard InChI is InChI=1S/C23H28N6O2.C2HF3O2.CHF3.CH2O2/c1-23(2,3)17-8-6-15(7-9-17)22(31)26-18-14-29-19(25-18)10-11-20(27-29)28-12-4-5-16(13-28)21(24)30;3-2(4,5)1(6)7;2-1(3)4;2-1-3/h6-11,14,16H,4-5,12-13H2,1-3H3,(H2,24,30)(H,26,31);(H,6,7);1H;1H,(H,2,3). The highest BCUT2D eigenvalue weighted by Crippen LogP contribution is 2.24. The molecule has 12 nitrogen and oxygen atoms in total. The summed E-state index contributed by atoms with van der Waals surface area (Å²) in [5.41, 5.74) is 7.89. The van der Waals surface area contributed by atoms with Gasteiger partial charge in [-0.05, 0) is 48.1 Å². The number of nitrogens with zero attached hydrogens (tertiary/aromatic N) is 4. The van der Waals surface area contributed by atoms with Crippen LogP contribution in [-0.4, -0.2) is 75.0 Å². The molecule has 1 aliphatic rings. The minimum absolute atomic E-state index is 0.0335. The highest BCUT2D eigenvalue weighted by molar-refractivity contribution is 6.03. The number of rotatable bonds is 4. The zero-order chi connectivity index (χ0) is 34.5. The van der Waals surface area contributed by atoms with Crippen LogP contribution in [0.15, 0.2) is 42.6 Å².